The molecule has 1 aliphatic heterocycles. The number of aromatic nitrogens is 1. The summed E-state index contributed by atoms with van der Waals surface area (Å²) in [5.74, 6) is 0.641. The molecule has 0 bridgehead atoms. The van der Waals surface area contributed by atoms with Crippen LogP contribution in [0.4, 0.5) is 23.4 Å². The number of rotatable bonds is 7. The zero-order valence-electron chi connectivity index (χ0n) is 17.5. The Morgan fingerprint density at radius 1 is 1.25 bits per heavy atom. The van der Waals surface area contributed by atoms with Crippen molar-refractivity contribution in [1.29, 1.82) is 0 Å². The molecule has 2 aromatic rings. The summed E-state index contributed by atoms with van der Waals surface area (Å²) in [6, 6.07) is 9.47. The minimum atomic E-state index is -4.41. The van der Waals surface area contributed by atoms with Crippen molar-refractivity contribution in [2.24, 2.45) is 4.99 Å². The Bertz CT molecular complexity index is 896. The van der Waals surface area contributed by atoms with Crippen molar-refractivity contribution in [3.05, 3.63) is 54.0 Å². The van der Waals surface area contributed by atoms with Crippen LogP contribution in [0.2, 0.25) is 0 Å². The number of anilines is 1. The van der Waals surface area contributed by atoms with E-state index < -0.39 is 12.8 Å². The maximum absolute atomic E-state index is 14.0. The number of ether oxygens (including phenoxy) is 1. The summed E-state index contributed by atoms with van der Waals surface area (Å²) in [6.45, 7) is 2.54. The zero-order valence-corrected chi connectivity index (χ0v) is 19.9. The minimum Gasteiger partial charge on any atom is -0.484 e. The van der Waals surface area contributed by atoms with Crippen molar-refractivity contribution < 1.29 is 22.3 Å². The molecule has 3 rings (SSSR count). The fourth-order valence-corrected chi connectivity index (χ4v) is 3.29. The predicted molar refractivity (Wildman–Crippen MR) is 126 cm³/mol. The lowest BCUT2D eigenvalue weighted by Crippen LogP contribution is -2.44. The van der Waals surface area contributed by atoms with Crippen LogP contribution >= 0.6 is 24.0 Å². The Balaban J connectivity index is 0.00000363. The van der Waals surface area contributed by atoms with Gasteiger partial charge in [-0.25, -0.2) is 14.4 Å². The number of hydrogen-bond acceptors (Lipinski definition) is 4. The highest BCUT2D eigenvalue weighted by atomic mass is 127. The highest BCUT2D eigenvalue weighted by Gasteiger charge is 2.29. The maximum Gasteiger partial charge on any atom is 0.422 e. The topological polar surface area (TPSA) is 61.8 Å². The molecule has 1 aliphatic rings. The minimum absolute atomic E-state index is 0. The molecule has 11 heteroatoms. The Morgan fingerprint density at radius 3 is 2.75 bits per heavy atom. The molecule has 1 fully saturated rings. The number of nitrogens with one attached hydrogen (secondary N) is 2. The Labute approximate surface area is 201 Å². The van der Waals surface area contributed by atoms with Crippen molar-refractivity contribution in [1.82, 2.24) is 15.6 Å². The summed E-state index contributed by atoms with van der Waals surface area (Å²) in [7, 11) is 0. The number of alkyl halides is 3. The van der Waals surface area contributed by atoms with Crippen molar-refractivity contribution in [3.8, 4) is 5.75 Å². The van der Waals surface area contributed by atoms with E-state index in [9.17, 15) is 17.6 Å². The second kappa shape index (κ2) is 12.1. The SMILES string of the molecule is CCNC(=NCc1ccccc1OCC(F)(F)F)NC1CCN(c2ncccc2F)C1.I. The van der Waals surface area contributed by atoms with Gasteiger partial charge in [0.1, 0.15) is 5.75 Å². The molecular formula is C21H26F4IN5O. The van der Waals surface area contributed by atoms with Crippen LogP contribution in [0.5, 0.6) is 5.75 Å². The lowest BCUT2D eigenvalue weighted by molar-refractivity contribution is -0.153. The van der Waals surface area contributed by atoms with E-state index in [0.29, 0.717) is 37.0 Å². The molecule has 176 valence electrons. The van der Waals surface area contributed by atoms with Gasteiger partial charge in [0.05, 0.1) is 6.54 Å². The fourth-order valence-electron chi connectivity index (χ4n) is 3.29. The predicted octanol–water partition coefficient (Wildman–Crippen LogP) is 4.11. The lowest BCUT2D eigenvalue weighted by atomic mass is 10.2. The molecule has 0 spiro atoms. The summed E-state index contributed by atoms with van der Waals surface area (Å²) < 4.78 is 56.4. The lowest BCUT2D eigenvalue weighted by Gasteiger charge is -2.20. The highest BCUT2D eigenvalue weighted by molar-refractivity contribution is 14.0. The number of aliphatic imine (C=N–C) groups is 1. The molecule has 1 aromatic heterocycles. The van der Waals surface area contributed by atoms with E-state index in [0.717, 1.165) is 6.42 Å². The second-order valence-corrected chi connectivity index (χ2v) is 7.09. The van der Waals surface area contributed by atoms with Crippen molar-refractivity contribution in [3.63, 3.8) is 0 Å². The second-order valence-electron chi connectivity index (χ2n) is 7.09. The smallest absolute Gasteiger partial charge is 0.422 e. The monoisotopic (exact) mass is 567 g/mol. The van der Waals surface area contributed by atoms with Crippen LogP contribution < -0.4 is 20.3 Å². The Morgan fingerprint density at radius 2 is 2.03 bits per heavy atom. The van der Waals surface area contributed by atoms with E-state index in [2.05, 4.69) is 20.6 Å². The first-order valence-corrected chi connectivity index (χ1v) is 10.0. The van der Waals surface area contributed by atoms with Crippen LogP contribution in [0.1, 0.15) is 18.9 Å². The average molecular weight is 567 g/mol. The van der Waals surface area contributed by atoms with Gasteiger partial charge in [-0.2, -0.15) is 13.2 Å². The summed E-state index contributed by atoms with van der Waals surface area (Å²) in [5, 5.41) is 6.44. The summed E-state index contributed by atoms with van der Waals surface area (Å²) in [5.41, 5.74) is 0.549. The largest absolute Gasteiger partial charge is 0.484 e. The van der Waals surface area contributed by atoms with Crippen LogP contribution in [-0.4, -0.2) is 49.4 Å². The molecule has 1 atom stereocenters. The van der Waals surface area contributed by atoms with Gasteiger partial charge in [-0.3, -0.25) is 0 Å². The van der Waals surface area contributed by atoms with Gasteiger partial charge in [-0.15, -0.1) is 24.0 Å². The van der Waals surface area contributed by atoms with Gasteiger partial charge in [0, 0.05) is 37.4 Å². The normalized spacial score (nSPS) is 16.5. The molecule has 6 nitrogen and oxygen atoms in total. The number of benzene rings is 1. The van der Waals surface area contributed by atoms with Crippen molar-refractivity contribution >= 4 is 35.8 Å². The molecule has 2 heterocycles. The molecule has 1 saturated heterocycles. The number of hydrogen-bond donors (Lipinski definition) is 2. The van der Waals surface area contributed by atoms with Crippen molar-refractivity contribution in [2.45, 2.75) is 32.1 Å². The van der Waals surface area contributed by atoms with Gasteiger partial charge < -0.3 is 20.3 Å². The number of para-hydroxylation sites is 1. The zero-order chi connectivity index (χ0) is 22.3. The van der Waals surface area contributed by atoms with Gasteiger partial charge in [-0.05, 0) is 31.5 Å². The first kappa shape index (κ1) is 25.9. The molecule has 1 aromatic carbocycles. The van der Waals surface area contributed by atoms with E-state index in [1.165, 1.54) is 12.1 Å². The number of guanidine groups is 1. The number of pyridine rings is 1. The molecule has 0 saturated carbocycles. The molecule has 1 unspecified atom stereocenters. The Kier molecular flexibility index (Phi) is 9.79. The summed E-state index contributed by atoms with van der Waals surface area (Å²) in [6.07, 6.45) is -2.08. The Hall–Kier alpha value is -2.31. The third-order valence-corrected chi connectivity index (χ3v) is 4.68. The molecule has 0 amide bonds. The van der Waals surface area contributed by atoms with Crippen molar-refractivity contribution in [2.75, 3.05) is 31.1 Å². The van der Waals surface area contributed by atoms with Gasteiger partial charge in [0.2, 0.25) is 0 Å². The molecule has 2 N–H and O–H groups in total. The third kappa shape index (κ3) is 7.68. The van der Waals surface area contributed by atoms with E-state index in [4.69, 9.17) is 4.74 Å². The van der Waals surface area contributed by atoms with E-state index in [1.54, 1.807) is 30.5 Å². The molecule has 0 aliphatic carbocycles. The first-order chi connectivity index (χ1) is 14.9. The molecule has 32 heavy (non-hydrogen) atoms. The van der Waals surface area contributed by atoms with Gasteiger partial charge in [-0.1, -0.05) is 18.2 Å². The van der Waals surface area contributed by atoms with Crippen LogP contribution in [0, 0.1) is 5.82 Å². The summed E-state index contributed by atoms with van der Waals surface area (Å²) >= 11 is 0. The van der Waals surface area contributed by atoms with Crippen LogP contribution in [-0.2, 0) is 6.54 Å². The van der Waals surface area contributed by atoms with E-state index in [1.807, 2.05) is 11.8 Å². The summed E-state index contributed by atoms with van der Waals surface area (Å²) in [4.78, 5) is 10.5. The van der Waals surface area contributed by atoms with Gasteiger partial charge in [0.25, 0.3) is 0 Å². The molecular weight excluding hydrogens is 541 g/mol. The standard InChI is InChI=1S/C21H25F4N5O.HI/c1-2-26-20(28-12-15-6-3-4-8-18(15)31-14-21(23,24)25)29-16-9-11-30(13-16)19-17(22)7-5-10-27-19;/h3-8,10,16H,2,9,11-14H2,1H3,(H2,26,28,29);1H. The fraction of sp³-hybridized carbons (Fsp3) is 0.429. The van der Waals surface area contributed by atoms with E-state index in [-0.39, 0.29) is 48.1 Å². The highest BCUT2D eigenvalue weighted by Crippen LogP contribution is 2.23. The maximum atomic E-state index is 14.0. The number of halogens is 5. The average Bonchev–Trinajstić information content (AvgIpc) is 3.19. The third-order valence-electron chi connectivity index (χ3n) is 4.68. The van der Waals surface area contributed by atoms with Crippen LogP contribution in [0.3, 0.4) is 0 Å². The van der Waals surface area contributed by atoms with Crippen LogP contribution in [0.15, 0.2) is 47.6 Å². The van der Waals surface area contributed by atoms with E-state index >= 15 is 0 Å². The van der Waals surface area contributed by atoms with Crippen LogP contribution in [0.25, 0.3) is 0 Å². The first-order valence-electron chi connectivity index (χ1n) is 10.0. The number of nitrogens with zero attached hydrogens (tertiary/aromatic N) is 3. The quantitative estimate of drug-likeness (QED) is 0.228. The van der Waals surface area contributed by atoms with Gasteiger partial charge >= 0.3 is 6.18 Å². The van der Waals surface area contributed by atoms with Gasteiger partial charge in [0.15, 0.2) is 24.2 Å². The molecule has 0 radical (unpaired) electrons.